The van der Waals surface area contributed by atoms with Gasteiger partial charge in [0.15, 0.2) is 0 Å². The molecule has 1 atom stereocenters. The molecule has 6 heteroatoms. The molecular formula is C22H23N3O3. The maximum atomic E-state index is 12.6. The van der Waals surface area contributed by atoms with Crippen molar-refractivity contribution in [3.63, 3.8) is 0 Å². The first-order chi connectivity index (χ1) is 13.5. The third-order valence-electron chi connectivity index (χ3n) is 4.62. The Morgan fingerprint density at radius 3 is 2.57 bits per heavy atom. The van der Waals surface area contributed by atoms with Crippen LogP contribution in [0.5, 0.6) is 5.88 Å². The van der Waals surface area contributed by atoms with Gasteiger partial charge in [-0.1, -0.05) is 54.6 Å². The summed E-state index contributed by atoms with van der Waals surface area (Å²) >= 11 is 0. The molecule has 144 valence electrons. The molecule has 1 amide bonds. The van der Waals surface area contributed by atoms with Crippen LogP contribution in [0.2, 0.25) is 0 Å². The van der Waals surface area contributed by atoms with Gasteiger partial charge in [0.05, 0.1) is 6.07 Å². The molecule has 28 heavy (non-hydrogen) atoms. The number of aromatic nitrogens is 2. The molecule has 0 spiro atoms. The number of amides is 1. The zero-order valence-corrected chi connectivity index (χ0v) is 15.7. The van der Waals surface area contributed by atoms with E-state index in [0.717, 1.165) is 22.8 Å². The van der Waals surface area contributed by atoms with Crippen LogP contribution in [-0.4, -0.2) is 27.5 Å². The number of nitrogens with zero attached hydrogens (tertiary/aromatic N) is 1. The molecule has 0 aliphatic carbocycles. The van der Waals surface area contributed by atoms with E-state index >= 15 is 0 Å². The summed E-state index contributed by atoms with van der Waals surface area (Å²) < 4.78 is 0. The molecule has 0 bridgehead atoms. The van der Waals surface area contributed by atoms with Gasteiger partial charge in [-0.2, -0.15) is 0 Å². The van der Waals surface area contributed by atoms with Crippen molar-refractivity contribution in [2.75, 3.05) is 6.54 Å². The number of H-pyrrole nitrogens is 1. The standard InChI is InChI=1S/C22H23N3O3/c1-15-7-5-6-10-17(15)18(16-8-3-2-4-9-16)13-20(26)23-12-11-19-24-21(27)14-22(28)25-19/h2-10,14,18H,11-13H2,1H3,(H,23,26)(H2,24,25,27,28)/t18-/m1/s1. The Bertz CT molecular complexity index is 999. The van der Waals surface area contributed by atoms with Crippen molar-refractivity contribution < 1.29 is 9.90 Å². The molecule has 0 radical (unpaired) electrons. The van der Waals surface area contributed by atoms with Crippen LogP contribution in [0.15, 0.2) is 65.5 Å². The van der Waals surface area contributed by atoms with Crippen LogP contribution in [0.4, 0.5) is 0 Å². The number of aryl methyl sites for hydroxylation is 1. The number of rotatable bonds is 7. The Morgan fingerprint density at radius 1 is 1.14 bits per heavy atom. The van der Waals surface area contributed by atoms with Gasteiger partial charge in [0, 0.05) is 25.3 Å². The van der Waals surface area contributed by atoms with Crippen molar-refractivity contribution in [3.8, 4) is 5.88 Å². The van der Waals surface area contributed by atoms with Gasteiger partial charge >= 0.3 is 0 Å². The number of aromatic hydroxyl groups is 1. The van der Waals surface area contributed by atoms with E-state index in [4.69, 9.17) is 0 Å². The summed E-state index contributed by atoms with van der Waals surface area (Å²) in [5, 5.41) is 12.3. The third-order valence-corrected chi connectivity index (χ3v) is 4.62. The first-order valence-electron chi connectivity index (χ1n) is 9.19. The molecule has 1 aromatic heterocycles. The molecule has 0 saturated carbocycles. The summed E-state index contributed by atoms with van der Waals surface area (Å²) in [6.45, 7) is 2.37. The SMILES string of the molecule is Cc1ccccc1[C@H](CC(=O)NCCc1nc(O)cc(=O)[nH]1)c1ccccc1. The van der Waals surface area contributed by atoms with Gasteiger partial charge in [-0.25, -0.2) is 4.98 Å². The molecule has 0 fully saturated rings. The molecule has 0 unspecified atom stereocenters. The minimum atomic E-state index is -0.419. The summed E-state index contributed by atoms with van der Waals surface area (Å²) in [7, 11) is 0. The molecular weight excluding hydrogens is 354 g/mol. The highest BCUT2D eigenvalue weighted by atomic mass is 16.3. The first-order valence-corrected chi connectivity index (χ1v) is 9.19. The summed E-state index contributed by atoms with van der Waals surface area (Å²) in [6, 6.07) is 19.1. The van der Waals surface area contributed by atoms with Crippen molar-refractivity contribution in [1.29, 1.82) is 0 Å². The quantitative estimate of drug-likeness (QED) is 0.590. The monoisotopic (exact) mass is 377 g/mol. The van der Waals surface area contributed by atoms with Gasteiger partial charge in [0.1, 0.15) is 5.82 Å². The Balaban J connectivity index is 1.68. The number of hydrogen-bond donors (Lipinski definition) is 3. The number of benzene rings is 2. The van der Waals surface area contributed by atoms with Crippen molar-refractivity contribution in [2.45, 2.75) is 25.7 Å². The van der Waals surface area contributed by atoms with Crippen molar-refractivity contribution in [2.24, 2.45) is 0 Å². The second kappa shape index (κ2) is 8.99. The largest absolute Gasteiger partial charge is 0.493 e. The van der Waals surface area contributed by atoms with E-state index < -0.39 is 5.56 Å². The normalized spacial score (nSPS) is 11.8. The van der Waals surface area contributed by atoms with E-state index in [1.807, 2.05) is 55.5 Å². The predicted molar refractivity (Wildman–Crippen MR) is 107 cm³/mol. The molecule has 2 aromatic carbocycles. The minimum Gasteiger partial charge on any atom is -0.493 e. The average molecular weight is 377 g/mol. The van der Waals surface area contributed by atoms with Gasteiger partial charge in [-0.3, -0.25) is 9.59 Å². The molecule has 3 aromatic rings. The molecule has 0 saturated heterocycles. The van der Waals surface area contributed by atoms with E-state index in [0.29, 0.717) is 25.2 Å². The van der Waals surface area contributed by atoms with Crippen LogP contribution in [0, 0.1) is 6.92 Å². The van der Waals surface area contributed by atoms with E-state index in [2.05, 4.69) is 21.4 Å². The molecule has 3 rings (SSSR count). The topological polar surface area (TPSA) is 95.1 Å². The molecule has 1 heterocycles. The summed E-state index contributed by atoms with van der Waals surface area (Å²) in [6.07, 6.45) is 0.647. The maximum absolute atomic E-state index is 12.6. The van der Waals surface area contributed by atoms with Crippen molar-refractivity contribution >= 4 is 5.91 Å². The van der Waals surface area contributed by atoms with E-state index in [-0.39, 0.29) is 17.7 Å². The zero-order chi connectivity index (χ0) is 19.9. The Kier molecular flexibility index (Phi) is 6.22. The summed E-state index contributed by atoms with van der Waals surface area (Å²) in [5.74, 6) is -0.113. The fourth-order valence-corrected chi connectivity index (χ4v) is 3.26. The fourth-order valence-electron chi connectivity index (χ4n) is 3.26. The van der Waals surface area contributed by atoms with Crippen LogP contribution >= 0.6 is 0 Å². The van der Waals surface area contributed by atoms with Crippen LogP contribution in [0.3, 0.4) is 0 Å². The number of aromatic amines is 1. The Labute approximate surface area is 163 Å². The summed E-state index contributed by atoms with van der Waals surface area (Å²) in [5.41, 5.74) is 2.94. The first kappa shape index (κ1) is 19.4. The van der Waals surface area contributed by atoms with Gasteiger partial charge in [0.25, 0.3) is 5.56 Å². The number of hydrogen-bond acceptors (Lipinski definition) is 4. The Hall–Kier alpha value is -3.41. The Morgan fingerprint density at radius 2 is 1.86 bits per heavy atom. The molecule has 3 N–H and O–H groups in total. The highest BCUT2D eigenvalue weighted by molar-refractivity contribution is 5.77. The lowest BCUT2D eigenvalue weighted by atomic mass is 9.86. The predicted octanol–water partition coefficient (Wildman–Crippen LogP) is 2.66. The van der Waals surface area contributed by atoms with E-state index in [1.165, 1.54) is 0 Å². The van der Waals surface area contributed by atoms with Gasteiger partial charge in [-0.05, 0) is 23.6 Å². The highest BCUT2D eigenvalue weighted by Crippen LogP contribution is 2.30. The zero-order valence-electron chi connectivity index (χ0n) is 15.7. The summed E-state index contributed by atoms with van der Waals surface area (Å²) in [4.78, 5) is 30.3. The van der Waals surface area contributed by atoms with Crippen molar-refractivity contribution in [3.05, 3.63) is 93.5 Å². The number of carbonyl (C=O) groups excluding carboxylic acids is 1. The second-order valence-corrected chi connectivity index (χ2v) is 6.67. The van der Waals surface area contributed by atoms with Gasteiger partial charge in [-0.15, -0.1) is 0 Å². The smallest absolute Gasteiger partial charge is 0.254 e. The lowest BCUT2D eigenvalue weighted by molar-refractivity contribution is -0.121. The lowest BCUT2D eigenvalue weighted by Gasteiger charge is -2.20. The van der Waals surface area contributed by atoms with Crippen LogP contribution in [0.1, 0.15) is 34.9 Å². The average Bonchev–Trinajstić information content (AvgIpc) is 2.67. The van der Waals surface area contributed by atoms with Crippen LogP contribution in [-0.2, 0) is 11.2 Å². The second-order valence-electron chi connectivity index (χ2n) is 6.67. The molecule has 6 nitrogen and oxygen atoms in total. The van der Waals surface area contributed by atoms with Gasteiger partial charge in [0.2, 0.25) is 11.8 Å². The number of nitrogens with one attached hydrogen (secondary N) is 2. The van der Waals surface area contributed by atoms with E-state index in [9.17, 15) is 14.7 Å². The van der Waals surface area contributed by atoms with E-state index in [1.54, 1.807) is 0 Å². The lowest BCUT2D eigenvalue weighted by Crippen LogP contribution is -2.28. The van der Waals surface area contributed by atoms with Crippen LogP contribution in [0.25, 0.3) is 0 Å². The third kappa shape index (κ3) is 5.07. The molecule has 0 aliphatic rings. The van der Waals surface area contributed by atoms with Gasteiger partial charge < -0.3 is 15.4 Å². The van der Waals surface area contributed by atoms with Crippen LogP contribution < -0.4 is 10.9 Å². The number of carbonyl (C=O) groups is 1. The fraction of sp³-hybridized carbons (Fsp3) is 0.227. The maximum Gasteiger partial charge on any atom is 0.254 e. The van der Waals surface area contributed by atoms with Crippen molar-refractivity contribution in [1.82, 2.24) is 15.3 Å². The highest BCUT2D eigenvalue weighted by Gasteiger charge is 2.19. The minimum absolute atomic E-state index is 0.0406. The molecule has 0 aliphatic heterocycles.